The van der Waals surface area contributed by atoms with E-state index in [1.807, 2.05) is 52.0 Å². The van der Waals surface area contributed by atoms with Gasteiger partial charge < -0.3 is 20.7 Å². The van der Waals surface area contributed by atoms with Crippen LogP contribution in [0.25, 0.3) is 11.4 Å². The lowest BCUT2D eigenvalue weighted by molar-refractivity contribution is 0.0448. The summed E-state index contributed by atoms with van der Waals surface area (Å²) in [6.45, 7) is 13.5. The number of guanidine groups is 1. The largest absolute Gasteiger partial charge is 0.444 e. The van der Waals surface area contributed by atoms with Crippen LogP contribution in [-0.2, 0) is 11.3 Å². The number of rotatable bonds is 9. The molecule has 4 N–H and O–H groups in total. The summed E-state index contributed by atoms with van der Waals surface area (Å²) in [6.07, 6.45) is 2.60. The molecule has 1 aromatic carbocycles. The van der Waals surface area contributed by atoms with E-state index in [4.69, 9.17) is 9.73 Å². The van der Waals surface area contributed by atoms with Crippen LogP contribution in [0.2, 0.25) is 0 Å². The number of carbonyl (C=O) groups is 1. The lowest BCUT2D eigenvalue weighted by atomic mass is 9.93. The summed E-state index contributed by atoms with van der Waals surface area (Å²) < 4.78 is 5.46. The van der Waals surface area contributed by atoms with E-state index in [-0.39, 0.29) is 24.0 Å². The number of aromatic nitrogens is 3. The lowest BCUT2D eigenvalue weighted by Gasteiger charge is -2.34. The Morgan fingerprint density at radius 1 is 1.15 bits per heavy atom. The van der Waals surface area contributed by atoms with Crippen LogP contribution in [0.3, 0.4) is 0 Å². The first kappa shape index (κ1) is 28.7. The molecule has 0 bridgehead atoms. The first-order chi connectivity index (χ1) is 15.2. The van der Waals surface area contributed by atoms with Gasteiger partial charge in [0.2, 0.25) is 0 Å². The van der Waals surface area contributed by atoms with Gasteiger partial charge in [-0.25, -0.2) is 14.8 Å². The highest BCUT2D eigenvalue weighted by Gasteiger charge is 2.30. The van der Waals surface area contributed by atoms with Gasteiger partial charge in [0.05, 0.1) is 12.1 Å². The van der Waals surface area contributed by atoms with Crippen LogP contribution in [0.5, 0.6) is 0 Å². The summed E-state index contributed by atoms with van der Waals surface area (Å²) in [7, 11) is 0. The monoisotopic (exact) mass is 571 g/mol. The Kier molecular flexibility index (Phi) is 11.6. The molecule has 10 heteroatoms. The Balaban J connectivity index is 0.00000544. The fourth-order valence-electron chi connectivity index (χ4n) is 3.17. The number of carbonyl (C=O) groups excluding carboxylic acids is 1. The summed E-state index contributed by atoms with van der Waals surface area (Å²) in [5.74, 6) is 1.42. The molecule has 1 heterocycles. The average Bonchev–Trinajstić information content (AvgIpc) is 3.28. The second-order valence-electron chi connectivity index (χ2n) is 8.70. The molecule has 0 aliphatic heterocycles. The number of nitrogens with zero attached hydrogens (tertiary/aromatic N) is 3. The molecular weight excluding hydrogens is 533 g/mol. The number of alkyl carbamates (subject to hydrolysis) is 1. The van der Waals surface area contributed by atoms with Gasteiger partial charge in [-0.1, -0.05) is 32.0 Å². The molecule has 9 nitrogen and oxygen atoms in total. The highest BCUT2D eigenvalue weighted by molar-refractivity contribution is 14.0. The zero-order chi connectivity index (χ0) is 23.6. The third-order valence-corrected chi connectivity index (χ3v) is 5.09. The number of aliphatic imine (C=N–C) groups is 1. The zero-order valence-electron chi connectivity index (χ0n) is 20.5. The molecule has 2 rings (SSSR count). The Labute approximate surface area is 214 Å². The van der Waals surface area contributed by atoms with E-state index in [1.165, 1.54) is 6.33 Å². The average molecular weight is 572 g/mol. The van der Waals surface area contributed by atoms with Crippen molar-refractivity contribution in [3.63, 3.8) is 0 Å². The number of nitrogens with one attached hydrogen (secondary N) is 4. The fraction of sp³-hybridized carbons (Fsp3) is 0.565. The Morgan fingerprint density at radius 3 is 2.45 bits per heavy atom. The van der Waals surface area contributed by atoms with Gasteiger partial charge in [0.1, 0.15) is 11.9 Å². The maximum absolute atomic E-state index is 12.4. The molecular formula is C23H38IN7O2. The first-order valence-electron chi connectivity index (χ1n) is 11.2. The van der Waals surface area contributed by atoms with Crippen molar-refractivity contribution in [1.82, 2.24) is 31.1 Å². The van der Waals surface area contributed by atoms with Crippen LogP contribution in [0.15, 0.2) is 35.6 Å². The van der Waals surface area contributed by atoms with Crippen molar-refractivity contribution in [2.24, 2.45) is 4.99 Å². The molecule has 2 aromatic rings. The number of ether oxygens (including phenoxy) is 1. The van der Waals surface area contributed by atoms with Crippen molar-refractivity contribution in [1.29, 1.82) is 0 Å². The molecule has 0 saturated carbocycles. The van der Waals surface area contributed by atoms with Crippen molar-refractivity contribution in [2.75, 3.05) is 13.1 Å². The number of benzene rings is 1. The molecule has 0 unspecified atom stereocenters. The number of amides is 1. The standard InChI is InChI=1S/C23H37N7O2.HI/c1-7-23(8-2,29-21(31)32-22(4,5)6)15-26-20(24-9-3)25-14-17-11-10-12-18(13-17)19-27-16-28-30-19;/h10-13,16H,7-9,14-15H2,1-6H3,(H,29,31)(H2,24,25,26)(H,27,28,30);1H. The fourth-order valence-corrected chi connectivity index (χ4v) is 3.17. The molecule has 0 spiro atoms. The van der Waals surface area contributed by atoms with E-state index in [0.717, 1.165) is 36.3 Å². The second-order valence-corrected chi connectivity index (χ2v) is 8.70. The van der Waals surface area contributed by atoms with Gasteiger partial charge in [-0.2, -0.15) is 5.10 Å². The smallest absolute Gasteiger partial charge is 0.408 e. The molecule has 1 amide bonds. The Bertz CT molecular complexity index is 875. The van der Waals surface area contributed by atoms with Crippen LogP contribution in [0.1, 0.15) is 59.9 Å². The highest BCUT2D eigenvalue weighted by Crippen LogP contribution is 2.17. The predicted octanol–water partition coefficient (Wildman–Crippen LogP) is 4.23. The molecule has 0 radical (unpaired) electrons. The van der Waals surface area contributed by atoms with Crippen LogP contribution in [0, 0.1) is 0 Å². The summed E-state index contributed by atoms with van der Waals surface area (Å²) in [5, 5.41) is 16.5. The van der Waals surface area contributed by atoms with Crippen LogP contribution in [0.4, 0.5) is 4.79 Å². The summed E-state index contributed by atoms with van der Waals surface area (Å²) in [5.41, 5.74) is 1.04. The molecule has 0 saturated heterocycles. The maximum atomic E-state index is 12.4. The molecule has 1 aromatic heterocycles. The molecule has 184 valence electrons. The number of hydrogen-bond acceptors (Lipinski definition) is 5. The minimum atomic E-state index is -0.540. The summed E-state index contributed by atoms with van der Waals surface area (Å²) in [6, 6.07) is 8.03. The van der Waals surface area contributed by atoms with Gasteiger partial charge in [-0.05, 0) is 52.2 Å². The van der Waals surface area contributed by atoms with E-state index in [1.54, 1.807) is 0 Å². The zero-order valence-corrected chi connectivity index (χ0v) is 22.8. The van der Waals surface area contributed by atoms with Crippen molar-refractivity contribution in [2.45, 2.75) is 72.1 Å². The van der Waals surface area contributed by atoms with Gasteiger partial charge >= 0.3 is 6.09 Å². The van der Waals surface area contributed by atoms with Gasteiger partial charge in [-0.15, -0.1) is 24.0 Å². The van der Waals surface area contributed by atoms with Gasteiger partial charge in [0.15, 0.2) is 11.8 Å². The minimum absolute atomic E-state index is 0. The third kappa shape index (κ3) is 9.56. The summed E-state index contributed by atoms with van der Waals surface area (Å²) >= 11 is 0. The van der Waals surface area contributed by atoms with Gasteiger partial charge in [0, 0.05) is 18.7 Å². The first-order valence-corrected chi connectivity index (χ1v) is 11.2. The van der Waals surface area contributed by atoms with E-state index < -0.39 is 17.2 Å². The van der Waals surface area contributed by atoms with E-state index in [2.05, 4.69) is 45.0 Å². The molecule has 0 fully saturated rings. The SMILES string of the molecule is CCNC(=NCc1cccc(-c2ncn[nH]2)c1)NCC(CC)(CC)NC(=O)OC(C)(C)C.I. The quantitative estimate of drug-likeness (QED) is 0.204. The molecule has 0 aliphatic rings. The van der Waals surface area contributed by atoms with Crippen LogP contribution >= 0.6 is 24.0 Å². The third-order valence-electron chi connectivity index (χ3n) is 5.09. The van der Waals surface area contributed by atoms with Gasteiger partial charge in [-0.3, -0.25) is 5.10 Å². The van der Waals surface area contributed by atoms with Crippen LogP contribution in [-0.4, -0.2) is 51.5 Å². The molecule has 33 heavy (non-hydrogen) atoms. The Hall–Kier alpha value is -2.37. The number of halogens is 1. The van der Waals surface area contributed by atoms with Crippen molar-refractivity contribution < 1.29 is 9.53 Å². The van der Waals surface area contributed by atoms with Crippen molar-refractivity contribution in [3.8, 4) is 11.4 Å². The van der Waals surface area contributed by atoms with Crippen molar-refractivity contribution in [3.05, 3.63) is 36.2 Å². The highest BCUT2D eigenvalue weighted by atomic mass is 127. The lowest BCUT2D eigenvalue weighted by Crippen LogP contribution is -2.57. The number of H-pyrrole nitrogens is 1. The summed E-state index contributed by atoms with van der Waals surface area (Å²) in [4.78, 5) is 21.3. The van der Waals surface area contributed by atoms with E-state index in [0.29, 0.717) is 19.0 Å². The Morgan fingerprint density at radius 2 is 1.88 bits per heavy atom. The molecule has 0 atom stereocenters. The maximum Gasteiger partial charge on any atom is 0.408 e. The minimum Gasteiger partial charge on any atom is -0.444 e. The van der Waals surface area contributed by atoms with E-state index in [9.17, 15) is 4.79 Å². The second kappa shape index (κ2) is 13.4. The number of aromatic amines is 1. The van der Waals surface area contributed by atoms with Gasteiger partial charge in [0.25, 0.3) is 0 Å². The van der Waals surface area contributed by atoms with E-state index >= 15 is 0 Å². The number of hydrogen-bond donors (Lipinski definition) is 4. The predicted molar refractivity (Wildman–Crippen MR) is 143 cm³/mol. The van der Waals surface area contributed by atoms with Crippen LogP contribution < -0.4 is 16.0 Å². The normalized spacial score (nSPS) is 12.0. The van der Waals surface area contributed by atoms with Crippen molar-refractivity contribution >= 4 is 36.0 Å². The molecule has 0 aliphatic carbocycles. The topological polar surface area (TPSA) is 116 Å².